The highest BCUT2D eigenvalue weighted by Crippen LogP contribution is 2.21. The Kier molecular flexibility index (Phi) is 6.93. The summed E-state index contributed by atoms with van der Waals surface area (Å²) >= 11 is 0. The number of carbonyl (C=O) groups excluding carboxylic acids is 2. The lowest BCUT2D eigenvalue weighted by atomic mass is 9.91. The van der Waals surface area contributed by atoms with E-state index in [1.165, 1.54) is 6.07 Å². The van der Waals surface area contributed by atoms with Crippen molar-refractivity contribution in [1.82, 2.24) is 5.32 Å². The predicted octanol–water partition coefficient (Wildman–Crippen LogP) is 3.55. The molecule has 0 aliphatic rings. The molecule has 0 aromatic heterocycles. The van der Waals surface area contributed by atoms with Crippen LogP contribution in [-0.4, -0.2) is 25.0 Å². The molecule has 144 valence electrons. The third-order valence-corrected chi connectivity index (χ3v) is 4.20. The van der Waals surface area contributed by atoms with Crippen molar-refractivity contribution in [3.8, 4) is 5.75 Å². The summed E-state index contributed by atoms with van der Waals surface area (Å²) in [7, 11) is 0. The van der Waals surface area contributed by atoms with Crippen LogP contribution in [0.4, 0.5) is 10.1 Å². The number of nitrogens with one attached hydrogen (secondary N) is 2. The van der Waals surface area contributed by atoms with Crippen LogP contribution in [0.15, 0.2) is 48.5 Å². The highest BCUT2D eigenvalue weighted by molar-refractivity contribution is 6.09. The van der Waals surface area contributed by atoms with Crippen LogP contribution in [0.5, 0.6) is 5.75 Å². The van der Waals surface area contributed by atoms with E-state index in [0.717, 1.165) is 0 Å². The molecule has 0 heterocycles. The summed E-state index contributed by atoms with van der Waals surface area (Å²) in [5.74, 6) is -0.433. The number of amides is 2. The predicted molar refractivity (Wildman–Crippen MR) is 103 cm³/mol. The van der Waals surface area contributed by atoms with Gasteiger partial charge in [-0.1, -0.05) is 18.2 Å². The average Bonchev–Trinajstić information content (AvgIpc) is 2.65. The van der Waals surface area contributed by atoms with Crippen LogP contribution in [-0.2, 0) is 16.0 Å². The Morgan fingerprint density at radius 1 is 1.04 bits per heavy atom. The van der Waals surface area contributed by atoms with Gasteiger partial charge < -0.3 is 15.4 Å². The molecular weight excluding hydrogens is 347 g/mol. The number of ether oxygens (including phenoxy) is 1. The van der Waals surface area contributed by atoms with Gasteiger partial charge in [0.2, 0.25) is 11.8 Å². The van der Waals surface area contributed by atoms with Crippen molar-refractivity contribution in [2.45, 2.75) is 27.2 Å². The highest BCUT2D eigenvalue weighted by Gasteiger charge is 2.35. The summed E-state index contributed by atoms with van der Waals surface area (Å²) in [5, 5.41) is 5.44. The molecule has 0 aliphatic carbocycles. The van der Waals surface area contributed by atoms with E-state index in [1.54, 1.807) is 56.3 Å². The SMILES string of the molecule is CCOc1ccc(NC(=O)C(C)(C)C(=O)NCCc2ccccc2F)cc1. The summed E-state index contributed by atoms with van der Waals surface area (Å²) in [5.41, 5.74) is -0.168. The van der Waals surface area contributed by atoms with Gasteiger partial charge in [-0.2, -0.15) is 0 Å². The van der Waals surface area contributed by atoms with Crippen molar-refractivity contribution in [2.24, 2.45) is 5.41 Å². The first kappa shape index (κ1) is 20.4. The van der Waals surface area contributed by atoms with Crippen molar-refractivity contribution in [3.63, 3.8) is 0 Å². The largest absolute Gasteiger partial charge is 0.494 e. The zero-order chi connectivity index (χ0) is 19.9. The maximum Gasteiger partial charge on any atom is 0.239 e. The van der Waals surface area contributed by atoms with Crippen LogP contribution in [0.1, 0.15) is 26.3 Å². The second-order valence-corrected chi connectivity index (χ2v) is 6.63. The lowest BCUT2D eigenvalue weighted by Gasteiger charge is -2.23. The first-order chi connectivity index (χ1) is 12.8. The molecule has 0 spiro atoms. The van der Waals surface area contributed by atoms with Gasteiger partial charge in [-0.05, 0) is 63.1 Å². The van der Waals surface area contributed by atoms with Crippen LogP contribution in [0.3, 0.4) is 0 Å². The topological polar surface area (TPSA) is 67.4 Å². The van der Waals surface area contributed by atoms with Gasteiger partial charge in [-0.25, -0.2) is 4.39 Å². The molecule has 2 N–H and O–H groups in total. The lowest BCUT2D eigenvalue weighted by molar-refractivity contribution is -0.138. The molecular formula is C21H25FN2O3. The zero-order valence-corrected chi connectivity index (χ0v) is 15.8. The Labute approximate surface area is 158 Å². The van der Waals surface area contributed by atoms with E-state index < -0.39 is 17.2 Å². The van der Waals surface area contributed by atoms with Gasteiger partial charge in [0.05, 0.1) is 6.61 Å². The van der Waals surface area contributed by atoms with Crippen molar-refractivity contribution < 1.29 is 18.7 Å². The van der Waals surface area contributed by atoms with E-state index in [-0.39, 0.29) is 12.4 Å². The fourth-order valence-corrected chi connectivity index (χ4v) is 2.42. The fraction of sp³-hybridized carbons (Fsp3) is 0.333. The Hall–Kier alpha value is -2.89. The smallest absolute Gasteiger partial charge is 0.239 e. The molecule has 0 unspecified atom stereocenters. The fourth-order valence-electron chi connectivity index (χ4n) is 2.42. The molecule has 0 aliphatic heterocycles. The number of rotatable bonds is 8. The van der Waals surface area contributed by atoms with E-state index in [0.29, 0.717) is 30.0 Å². The van der Waals surface area contributed by atoms with Crippen LogP contribution < -0.4 is 15.4 Å². The monoisotopic (exact) mass is 372 g/mol. The van der Waals surface area contributed by atoms with Gasteiger partial charge >= 0.3 is 0 Å². The molecule has 0 fully saturated rings. The van der Waals surface area contributed by atoms with E-state index >= 15 is 0 Å². The normalized spacial score (nSPS) is 11.0. The molecule has 2 amide bonds. The minimum atomic E-state index is -1.27. The highest BCUT2D eigenvalue weighted by atomic mass is 19.1. The standard InChI is InChI=1S/C21H25FN2O3/c1-4-27-17-11-9-16(10-12-17)24-20(26)21(2,3)19(25)23-14-13-15-7-5-6-8-18(15)22/h5-12H,4,13-14H2,1-3H3,(H,23,25)(H,24,26). The minimum absolute atomic E-state index is 0.250. The number of halogens is 1. The van der Waals surface area contributed by atoms with Crippen LogP contribution in [0.25, 0.3) is 0 Å². The number of anilines is 1. The second-order valence-electron chi connectivity index (χ2n) is 6.63. The van der Waals surface area contributed by atoms with E-state index in [1.807, 2.05) is 6.92 Å². The molecule has 0 saturated heterocycles. The van der Waals surface area contributed by atoms with Crippen LogP contribution in [0.2, 0.25) is 0 Å². The van der Waals surface area contributed by atoms with Gasteiger partial charge in [0.1, 0.15) is 17.0 Å². The van der Waals surface area contributed by atoms with Crippen molar-refractivity contribution in [1.29, 1.82) is 0 Å². The van der Waals surface area contributed by atoms with Crippen molar-refractivity contribution in [2.75, 3.05) is 18.5 Å². The molecule has 27 heavy (non-hydrogen) atoms. The summed E-state index contributed by atoms with van der Waals surface area (Å²) in [6, 6.07) is 13.3. The summed E-state index contributed by atoms with van der Waals surface area (Å²) in [4.78, 5) is 24.9. The first-order valence-corrected chi connectivity index (χ1v) is 8.90. The van der Waals surface area contributed by atoms with E-state index in [9.17, 15) is 14.0 Å². The Morgan fingerprint density at radius 3 is 2.33 bits per heavy atom. The van der Waals surface area contributed by atoms with Gasteiger partial charge in [-0.3, -0.25) is 9.59 Å². The van der Waals surface area contributed by atoms with E-state index in [2.05, 4.69) is 10.6 Å². The Bertz CT molecular complexity index is 788. The number of benzene rings is 2. The number of carbonyl (C=O) groups is 2. The third kappa shape index (κ3) is 5.54. The Balaban J connectivity index is 1.90. The number of hydrogen-bond acceptors (Lipinski definition) is 3. The van der Waals surface area contributed by atoms with Gasteiger partial charge in [-0.15, -0.1) is 0 Å². The molecule has 2 aromatic rings. The quantitative estimate of drug-likeness (QED) is 0.697. The van der Waals surface area contributed by atoms with Crippen LogP contribution >= 0.6 is 0 Å². The van der Waals surface area contributed by atoms with Gasteiger partial charge in [0.15, 0.2) is 0 Å². The molecule has 5 nitrogen and oxygen atoms in total. The maximum atomic E-state index is 13.6. The molecule has 0 atom stereocenters. The van der Waals surface area contributed by atoms with Crippen molar-refractivity contribution in [3.05, 3.63) is 59.9 Å². The molecule has 0 saturated carbocycles. The zero-order valence-electron chi connectivity index (χ0n) is 15.8. The molecule has 6 heteroatoms. The van der Waals surface area contributed by atoms with Crippen molar-refractivity contribution >= 4 is 17.5 Å². The molecule has 2 rings (SSSR count). The third-order valence-electron chi connectivity index (χ3n) is 4.20. The summed E-state index contributed by atoms with van der Waals surface area (Å²) < 4.78 is 19.0. The summed E-state index contributed by atoms with van der Waals surface area (Å²) in [6.07, 6.45) is 0.356. The van der Waals surface area contributed by atoms with Gasteiger partial charge in [0.25, 0.3) is 0 Å². The lowest BCUT2D eigenvalue weighted by Crippen LogP contribution is -2.45. The summed E-state index contributed by atoms with van der Waals surface area (Å²) in [6.45, 7) is 5.80. The first-order valence-electron chi connectivity index (χ1n) is 8.90. The maximum absolute atomic E-state index is 13.6. The number of hydrogen-bond donors (Lipinski definition) is 2. The van der Waals surface area contributed by atoms with Gasteiger partial charge in [0, 0.05) is 12.2 Å². The minimum Gasteiger partial charge on any atom is -0.494 e. The Morgan fingerprint density at radius 2 is 1.70 bits per heavy atom. The van der Waals surface area contributed by atoms with E-state index in [4.69, 9.17) is 4.74 Å². The van der Waals surface area contributed by atoms with Crippen LogP contribution in [0, 0.1) is 11.2 Å². The second kappa shape index (κ2) is 9.16. The molecule has 2 aromatic carbocycles. The average molecular weight is 372 g/mol. The molecule has 0 bridgehead atoms. The molecule has 0 radical (unpaired) electrons.